The molecule has 0 aliphatic carbocycles. The number of aliphatic hydroxyl groups is 1. The average molecular weight is 294 g/mol. The summed E-state index contributed by atoms with van der Waals surface area (Å²) in [4.78, 5) is 23.9. The van der Waals surface area contributed by atoms with Gasteiger partial charge in [-0.2, -0.15) is 0 Å². The van der Waals surface area contributed by atoms with Crippen LogP contribution in [0.5, 0.6) is 0 Å². The second-order valence-corrected chi connectivity index (χ2v) is 4.51. The molecule has 0 radical (unpaired) electrons. The number of carbonyl (C=O) groups excluding carboxylic acids is 2. The van der Waals surface area contributed by atoms with Crippen LogP contribution in [0.2, 0.25) is 0 Å². The quantitative estimate of drug-likeness (QED) is 0.742. The molecule has 0 aromatic heterocycles. The van der Waals surface area contributed by atoms with Crippen molar-refractivity contribution in [3.8, 4) is 0 Å². The zero-order valence-corrected chi connectivity index (χ0v) is 10.8. The van der Waals surface area contributed by atoms with Gasteiger partial charge in [0.05, 0.1) is 6.61 Å². The molecule has 2 aliphatic rings. The Balaban J connectivity index is 2.18. The van der Waals surface area contributed by atoms with Gasteiger partial charge in [0.1, 0.15) is 18.5 Å². The Morgan fingerprint density at radius 2 is 2.20 bits per heavy atom. The number of nitrogens with zero attached hydrogens (tertiary/aromatic N) is 1. The van der Waals surface area contributed by atoms with Gasteiger partial charge in [-0.1, -0.05) is 0 Å². The van der Waals surface area contributed by atoms with Crippen molar-refractivity contribution in [2.24, 2.45) is 0 Å². The zero-order chi connectivity index (χ0) is 14.9. The second kappa shape index (κ2) is 5.98. The number of ether oxygens (including phenoxy) is 2. The Morgan fingerprint density at radius 1 is 1.50 bits per heavy atom. The van der Waals surface area contributed by atoms with E-state index in [1.807, 2.05) is 5.32 Å². The van der Waals surface area contributed by atoms with Crippen LogP contribution < -0.4 is 5.32 Å². The largest absolute Gasteiger partial charge is 0.394 e. The molecule has 7 nitrogen and oxygen atoms in total. The topological polar surface area (TPSA) is 88.1 Å². The van der Waals surface area contributed by atoms with Crippen molar-refractivity contribution >= 4 is 11.9 Å². The van der Waals surface area contributed by atoms with Crippen LogP contribution >= 0.6 is 0 Å². The van der Waals surface area contributed by atoms with Crippen molar-refractivity contribution in [1.82, 2.24) is 10.2 Å². The first-order valence-corrected chi connectivity index (χ1v) is 6.28. The van der Waals surface area contributed by atoms with E-state index in [9.17, 15) is 18.4 Å². The van der Waals surface area contributed by atoms with Crippen LogP contribution in [0.3, 0.4) is 0 Å². The third-order valence-electron chi connectivity index (χ3n) is 3.23. The predicted molar refractivity (Wildman–Crippen MR) is 60.9 cm³/mol. The number of rotatable bonds is 4. The normalized spacial score (nSPS) is 38.2. The Kier molecular flexibility index (Phi) is 4.51. The lowest BCUT2D eigenvalue weighted by atomic mass is 10.1. The van der Waals surface area contributed by atoms with E-state index < -0.39 is 49.4 Å². The monoisotopic (exact) mass is 294 g/mol. The lowest BCUT2D eigenvalue weighted by molar-refractivity contribution is -0.169. The lowest BCUT2D eigenvalue weighted by Crippen LogP contribution is -2.65. The molecule has 2 unspecified atom stereocenters. The molecule has 2 fully saturated rings. The minimum absolute atomic E-state index is 0.0668. The number of alkyl halides is 2. The molecule has 5 atom stereocenters. The third kappa shape index (κ3) is 2.60. The second-order valence-electron chi connectivity index (χ2n) is 4.51. The molecule has 2 N–H and O–H groups in total. The van der Waals surface area contributed by atoms with Gasteiger partial charge >= 0.3 is 6.03 Å². The van der Waals surface area contributed by atoms with Crippen LogP contribution in [-0.4, -0.2) is 66.1 Å². The SMILES string of the molecule is CCOC1C(F)C(=O)NC(=O)N1[C@H]1C[C@H](F)[C@@H](CO)O1. The zero-order valence-electron chi connectivity index (χ0n) is 10.8. The highest BCUT2D eigenvalue weighted by molar-refractivity contribution is 5.99. The van der Waals surface area contributed by atoms with E-state index >= 15 is 0 Å². The molecule has 9 heteroatoms. The van der Waals surface area contributed by atoms with Crippen LogP contribution in [0, 0.1) is 0 Å². The molecular weight excluding hydrogens is 278 g/mol. The van der Waals surface area contributed by atoms with E-state index in [1.165, 1.54) is 0 Å². The molecule has 0 saturated carbocycles. The fourth-order valence-corrected chi connectivity index (χ4v) is 2.28. The van der Waals surface area contributed by atoms with Crippen molar-refractivity contribution in [1.29, 1.82) is 0 Å². The summed E-state index contributed by atoms with van der Waals surface area (Å²) in [5, 5.41) is 10.8. The number of hydrogen-bond donors (Lipinski definition) is 2. The number of imide groups is 1. The summed E-state index contributed by atoms with van der Waals surface area (Å²) in [6, 6.07) is -0.905. The molecule has 0 aromatic carbocycles. The minimum atomic E-state index is -2.08. The number of carbonyl (C=O) groups is 2. The first kappa shape index (κ1) is 15.1. The van der Waals surface area contributed by atoms with E-state index in [-0.39, 0.29) is 13.0 Å². The number of hydrogen-bond acceptors (Lipinski definition) is 5. The number of nitrogens with one attached hydrogen (secondary N) is 1. The number of urea groups is 1. The number of amides is 3. The summed E-state index contributed by atoms with van der Waals surface area (Å²) in [6.45, 7) is 1.09. The fourth-order valence-electron chi connectivity index (χ4n) is 2.28. The average Bonchev–Trinajstić information content (AvgIpc) is 2.76. The smallest absolute Gasteiger partial charge is 0.328 e. The maximum absolute atomic E-state index is 13.9. The summed E-state index contributed by atoms with van der Waals surface area (Å²) in [5.41, 5.74) is 0. The van der Waals surface area contributed by atoms with Crippen LogP contribution in [0.25, 0.3) is 0 Å². The molecule has 2 aliphatic heterocycles. The molecule has 0 bridgehead atoms. The van der Waals surface area contributed by atoms with Crippen molar-refractivity contribution in [2.75, 3.05) is 13.2 Å². The predicted octanol–water partition coefficient (Wildman–Crippen LogP) is -0.316. The molecule has 2 rings (SSSR count). The van der Waals surface area contributed by atoms with Gasteiger partial charge in [0, 0.05) is 13.0 Å². The van der Waals surface area contributed by atoms with Gasteiger partial charge in [0.2, 0.25) is 6.17 Å². The van der Waals surface area contributed by atoms with Gasteiger partial charge in [-0.25, -0.2) is 13.6 Å². The number of halogens is 2. The molecule has 114 valence electrons. The Hall–Kier alpha value is -1.32. The van der Waals surface area contributed by atoms with Gasteiger partial charge in [-0.05, 0) is 6.92 Å². The summed E-state index contributed by atoms with van der Waals surface area (Å²) in [7, 11) is 0. The first-order valence-electron chi connectivity index (χ1n) is 6.28. The van der Waals surface area contributed by atoms with Gasteiger partial charge in [0.15, 0.2) is 6.23 Å². The van der Waals surface area contributed by atoms with Crippen LogP contribution in [-0.2, 0) is 14.3 Å². The van der Waals surface area contributed by atoms with Gasteiger partial charge in [0.25, 0.3) is 5.91 Å². The van der Waals surface area contributed by atoms with E-state index in [2.05, 4.69) is 0 Å². The van der Waals surface area contributed by atoms with E-state index in [0.717, 1.165) is 4.90 Å². The van der Waals surface area contributed by atoms with Crippen LogP contribution in [0.1, 0.15) is 13.3 Å². The minimum Gasteiger partial charge on any atom is -0.394 e. The Labute approximate surface area is 113 Å². The molecule has 0 aromatic rings. The molecule has 0 spiro atoms. The van der Waals surface area contributed by atoms with Gasteiger partial charge in [-0.3, -0.25) is 15.0 Å². The standard InChI is InChI=1S/C11H16F2N2O5/c1-2-19-10-8(13)9(17)14-11(18)15(10)7-3-5(12)6(4-16)20-7/h5-8,10,16H,2-4H2,1H3,(H,14,17,18)/t5-,6+,7+,8?,10?/m0/s1. The summed E-state index contributed by atoms with van der Waals surface area (Å²) < 4.78 is 37.7. The lowest BCUT2D eigenvalue weighted by Gasteiger charge is -2.39. The summed E-state index contributed by atoms with van der Waals surface area (Å²) in [5.74, 6) is -1.10. The summed E-state index contributed by atoms with van der Waals surface area (Å²) >= 11 is 0. The number of aliphatic hydroxyl groups excluding tert-OH is 1. The van der Waals surface area contributed by atoms with Crippen molar-refractivity contribution < 1.29 is 33.0 Å². The van der Waals surface area contributed by atoms with Crippen molar-refractivity contribution in [2.45, 2.75) is 44.2 Å². The van der Waals surface area contributed by atoms with Gasteiger partial charge in [-0.15, -0.1) is 0 Å². The molecule has 3 amide bonds. The molecule has 20 heavy (non-hydrogen) atoms. The van der Waals surface area contributed by atoms with Crippen molar-refractivity contribution in [3.05, 3.63) is 0 Å². The maximum atomic E-state index is 13.9. The van der Waals surface area contributed by atoms with Gasteiger partial charge < -0.3 is 14.6 Å². The fraction of sp³-hybridized carbons (Fsp3) is 0.818. The van der Waals surface area contributed by atoms with E-state index in [1.54, 1.807) is 6.92 Å². The summed E-state index contributed by atoms with van der Waals surface area (Å²) in [6.07, 6.45) is -7.41. The van der Waals surface area contributed by atoms with E-state index in [4.69, 9.17) is 14.6 Å². The van der Waals surface area contributed by atoms with Crippen molar-refractivity contribution in [3.63, 3.8) is 0 Å². The highest BCUT2D eigenvalue weighted by Gasteiger charge is 2.49. The third-order valence-corrected chi connectivity index (χ3v) is 3.23. The van der Waals surface area contributed by atoms with Crippen LogP contribution in [0.15, 0.2) is 0 Å². The van der Waals surface area contributed by atoms with Crippen LogP contribution in [0.4, 0.5) is 13.6 Å². The maximum Gasteiger partial charge on any atom is 0.328 e. The van der Waals surface area contributed by atoms with E-state index in [0.29, 0.717) is 0 Å². The first-order chi connectivity index (χ1) is 9.49. The Bertz CT molecular complexity index is 397. The molecular formula is C11H16F2N2O5. The highest BCUT2D eigenvalue weighted by atomic mass is 19.1. The molecule has 2 heterocycles. The Morgan fingerprint density at radius 3 is 2.75 bits per heavy atom. The highest BCUT2D eigenvalue weighted by Crippen LogP contribution is 2.30. The molecule has 2 saturated heterocycles.